The molecule has 3 heteroatoms. The molecule has 0 spiro atoms. The first-order valence-electron chi connectivity index (χ1n) is 6.83. The van der Waals surface area contributed by atoms with E-state index < -0.39 is 0 Å². The summed E-state index contributed by atoms with van der Waals surface area (Å²) in [6, 6.07) is 15.1. The number of anilines is 1. The first-order valence-corrected chi connectivity index (χ1v) is 7.64. The number of fused-ring (bicyclic) bond motifs is 1. The molecule has 0 bridgehead atoms. The second-order valence-corrected chi connectivity index (χ2v) is 6.46. The minimum absolute atomic E-state index is 0.305. The van der Waals surface area contributed by atoms with E-state index in [0.717, 1.165) is 16.9 Å². The molecule has 3 aromatic rings. The van der Waals surface area contributed by atoms with Crippen LogP contribution in [-0.2, 0) is 0 Å². The average molecular weight is 282 g/mol. The van der Waals surface area contributed by atoms with E-state index in [-0.39, 0.29) is 0 Å². The van der Waals surface area contributed by atoms with E-state index in [1.165, 1.54) is 15.1 Å². The van der Waals surface area contributed by atoms with Crippen molar-refractivity contribution in [2.45, 2.75) is 26.8 Å². The van der Waals surface area contributed by atoms with E-state index in [0.29, 0.717) is 6.04 Å². The predicted octanol–water partition coefficient (Wildman–Crippen LogP) is 5.09. The van der Waals surface area contributed by atoms with E-state index in [1.807, 2.05) is 24.3 Å². The monoisotopic (exact) mass is 282 g/mol. The zero-order valence-corrected chi connectivity index (χ0v) is 12.8. The summed E-state index contributed by atoms with van der Waals surface area (Å²) in [5.41, 5.74) is 3.25. The van der Waals surface area contributed by atoms with Gasteiger partial charge in [-0.25, -0.2) is 0 Å². The van der Waals surface area contributed by atoms with Gasteiger partial charge in [-0.2, -0.15) is 0 Å². The fourth-order valence-electron chi connectivity index (χ4n) is 2.42. The van der Waals surface area contributed by atoms with Crippen molar-refractivity contribution in [1.29, 1.82) is 0 Å². The van der Waals surface area contributed by atoms with Gasteiger partial charge in [-0.1, -0.05) is 18.2 Å². The van der Waals surface area contributed by atoms with E-state index in [4.69, 9.17) is 0 Å². The Morgan fingerprint density at radius 3 is 2.65 bits per heavy atom. The van der Waals surface area contributed by atoms with Gasteiger partial charge in [-0.05, 0) is 45.0 Å². The van der Waals surface area contributed by atoms with Crippen molar-refractivity contribution in [2.75, 3.05) is 5.32 Å². The lowest BCUT2D eigenvalue weighted by Crippen LogP contribution is -2.06. The molecule has 0 aliphatic carbocycles. The number of hydrogen-bond acceptors (Lipinski definition) is 3. The van der Waals surface area contributed by atoms with Crippen LogP contribution >= 0.6 is 11.3 Å². The molecule has 1 N–H and O–H groups in total. The maximum atomic E-state index is 4.58. The molecule has 0 saturated heterocycles. The molecule has 1 atom stereocenters. The lowest BCUT2D eigenvalue weighted by atomic mass is 10.1. The smallest absolute Gasteiger partial charge is 0.0725 e. The zero-order valence-electron chi connectivity index (χ0n) is 12.0. The van der Waals surface area contributed by atoms with Crippen molar-refractivity contribution in [3.8, 4) is 0 Å². The van der Waals surface area contributed by atoms with Crippen molar-refractivity contribution in [2.24, 2.45) is 0 Å². The van der Waals surface area contributed by atoms with Gasteiger partial charge in [0.15, 0.2) is 0 Å². The summed E-state index contributed by atoms with van der Waals surface area (Å²) in [5.74, 6) is 0. The minimum Gasteiger partial charge on any atom is -0.377 e. The summed E-state index contributed by atoms with van der Waals surface area (Å²) in [7, 11) is 0. The molecule has 2 nitrogen and oxygen atoms in total. The quantitative estimate of drug-likeness (QED) is 0.724. The molecule has 1 unspecified atom stereocenters. The van der Waals surface area contributed by atoms with Gasteiger partial charge in [0.05, 0.1) is 11.6 Å². The second-order valence-electron chi connectivity index (χ2n) is 5.14. The third-order valence-corrected chi connectivity index (χ3v) is 4.59. The van der Waals surface area contributed by atoms with Gasteiger partial charge in [0.2, 0.25) is 0 Å². The van der Waals surface area contributed by atoms with Crippen LogP contribution in [0.1, 0.15) is 28.4 Å². The first kappa shape index (κ1) is 13.1. The van der Waals surface area contributed by atoms with Crippen LogP contribution in [0.25, 0.3) is 10.9 Å². The second kappa shape index (κ2) is 5.25. The lowest BCUT2D eigenvalue weighted by molar-refractivity contribution is 0.909. The Balaban J connectivity index is 1.98. The molecule has 0 aliphatic heterocycles. The van der Waals surface area contributed by atoms with Crippen molar-refractivity contribution < 1.29 is 0 Å². The minimum atomic E-state index is 0.305. The number of aromatic nitrogens is 1. The fraction of sp³-hybridized carbons (Fsp3) is 0.235. The molecule has 1 aromatic carbocycles. The highest BCUT2D eigenvalue weighted by Crippen LogP contribution is 2.29. The maximum absolute atomic E-state index is 4.58. The number of nitrogens with zero attached hydrogens (tertiary/aromatic N) is 1. The van der Waals surface area contributed by atoms with Crippen LogP contribution in [-0.4, -0.2) is 4.98 Å². The van der Waals surface area contributed by atoms with Crippen LogP contribution < -0.4 is 5.32 Å². The van der Waals surface area contributed by atoms with Crippen LogP contribution in [0.4, 0.5) is 5.69 Å². The number of pyridine rings is 1. The highest BCUT2D eigenvalue weighted by Gasteiger charge is 2.10. The summed E-state index contributed by atoms with van der Waals surface area (Å²) in [6.45, 7) is 6.39. The molecule has 102 valence electrons. The highest BCUT2D eigenvalue weighted by molar-refractivity contribution is 7.12. The van der Waals surface area contributed by atoms with Gasteiger partial charge in [0.1, 0.15) is 0 Å². The van der Waals surface area contributed by atoms with E-state index in [2.05, 4.69) is 60.5 Å². The van der Waals surface area contributed by atoms with Crippen LogP contribution in [0.3, 0.4) is 0 Å². The maximum Gasteiger partial charge on any atom is 0.0725 e. The first-order chi connectivity index (χ1) is 9.63. The largest absolute Gasteiger partial charge is 0.377 e. The van der Waals surface area contributed by atoms with Crippen LogP contribution in [0.2, 0.25) is 0 Å². The molecule has 2 aromatic heterocycles. The van der Waals surface area contributed by atoms with E-state index in [9.17, 15) is 0 Å². The van der Waals surface area contributed by atoms with Gasteiger partial charge in [0.25, 0.3) is 0 Å². The van der Waals surface area contributed by atoms with Crippen molar-refractivity contribution >= 4 is 27.9 Å². The Bertz CT molecular complexity index is 746. The van der Waals surface area contributed by atoms with Crippen LogP contribution in [0, 0.1) is 13.8 Å². The van der Waals surface area contributed by atoms with Crippen molar-refractivity contribution in [1.82, 2.24) is 4.98 Å². The van der Waals surface area contributed by atoms with Crippen LogP contribution in [0.15, 0.2) is 42.5 Å². The Hall–Kier alpha value is -1.87. The summed E-state index contributed by atoms with van der Waals surface area (Å²) < 4.78 is 0. The molecule has 0 saturated carbocycles. The standard InChI is InChI=1S/C17H18N2S/c1-11-10-16(14-6-4-5-7-15(14)18-11)19-13(3)17-9-8-12(2)20-17/h4-10,13H,1-3H3,(H,18,19). The molecule has 3 rings (SSSR count). The van der Waals surface area contributed by atoms with Gasteiger partial charge < -0.3 is 5.32 Å². The number of benzene rings is 1. The van der Waals surface area contributed by atoms with Crippen molar-refractivity contribution in [3.63, 3.8) is 0 Å². The van der Waals surface area contributed by atoms with Gasteiger partial charge in [-0.15, -0.1) is 11.3 Å². The normalized spacial score (nSPS) is 12.6. The topological polar surface area (TPSA) is 24.9 Å². The highest BCUT2D eigenvalue weighted by atomic mass is 32.1. The lowest BCUT2D eigenvalue weighted by Gasteiger charge is -2.16. The Labute approximate surface area is 123 Å². The molecule has 20 heavy (non-hydrogen) atoms. The number of rotatable bonds is 3. The Kier molecular flexibility index (Phi) is 3.45. The third kappa shape index (κ3) is 2.54. The average Bonchev–Trinajstić information content (AvgIpc) is 2.85. The summed E-state index contributed by atoms with van der Waals surface area (Å²) >= 11 is 1.85. The number of thiophene rings is 1. The molecule has 0 amide bonds. The molecule has 0 radical (unpaired) electrons. The molecule has 0 aliphatic rings. The molecule has 2 heterocycles. The summed E-state index contributed by atoms with van der Waals surface area (Å²) in [4.78, 5) is 7.30. The summed E-state index contributed by atoms with van der Waals surface area (Å²) in [6.07, 6.45) is 0. The third-order valence-electron chi connectivity index (χ3n) is 3.40. The van der Waals surface area contributed by atoms with Crippen molar-refractivity contribution in [3.05, 3.63) is 57.9 Å². The van der Waals surface area contributed by atoms with E-state index in [1.54, 1.807) is 0 Å². The number of nitrogens with one attached hydrogen (secondary N) is 1. The Morgan fingerprint density at radius 1 is 1.10 bits per heavy atom. The SMILES string of the molecule is Cc1cc(NC(C)c2ccc(C)s2)c2ccccc2n1. The van der Waals surface area contributed by atoms with Gasteiger partial charge in [-0.3, -0.25) is 4.98 Å². The number of hydrogen-bond donors (Lipinski definition) is 1. The molecular formula is C17H18N2S. The fourth-order valence-corrected chi connectivity index (χ4v) is 3.30. The number of aryl methyl sites for hydroxylation is 2. The van der Waals surface area contributed by atoms with E-state index >= 15 is 0 Å². The predicted molar refractivity (Wildman–Crippen MR) is 87.6 cm³/mol. The zero-order chi connectivity index (χ0) is 14.1. The van der Waals surface area contributed by atoms with Crippen LogP contribution in [0.5, 0.6) is 0 Å². The van der Waals surface area contributed by atoms with Gasteiger partial charge in [0, 0.05) is 26.5 Å². The van der Waals surface area contributed by atoms with Gasteiger partial charge >= 0.3 is 0 Å². The Morgan fingerprint density at radius 2 is 1.90 bits per heavy atom. The molecule has 0 fully saturated rings. The summed E-state index contributed by atoms with van der Waals surface area (Å²) in [5, 5.41) is 4.80. The number of para-hydroxylation sites is 1. The molecular weight excluding hydrogens is 264 g/mol.